The molecule has 3 nitrogen and oxygen atoms in total. The highest BCUT2D eigenvalue weighted by Crippen LogP contribution is 2.44. The molecule has 3 rings (SSSR count). The van der Waals surface area contributed by atoms with Gasteiger partial charge in [0.15, 0.2) is 0 Å². The topological polar surface area (TPSA) is 46.5 Å². The number of esters is 1. The summed E-state index contributed by atoms with van der Waals surface area (Å²) < 4.78 is 5.49. The van der Waals surface area contributed by atoms with Crippen molar-refractivity contribution < 1.29 is 14.6 Å². The molecule has 1 aromatic rings. The fourth-order valence-corrected chi connectivity index (χ4v) is 4.14. The first-order chi connectivity index (χ1) is 10.7. The molecule has 1 aromatic carbocycles. The molecule has 2 saturated carbocycles. The minimum Gasteiger partial charge on any atom is -0.462 e. The number of hydrogen-bond acceptors (Lipinski definition) is 3. The Morgan fingerprint density at radius 2 is 1.86 bits per heavy atom. The average Bonchev–Trinajstić information content (AvgIpc) is 2.88. The number of carbonyl (C=O) groups excluding carboxylic acids is 1. The van der Waals surface area contributed by atoms with Crippen LogP contribution in [0.4, 0.5) is 0 Å². The number of hydrogen-bond donors (Lipinski definition) is 1. The molecular weight excluding hydrogens is 276 g/mol. The highest BCUT2D eigenvalue weighted by molar-refractivity contribution is 5.89. The van der Waals surface area contributed by atoms with E-state index >= 15 is 0 Å². The summed E-state index contributed by atoms with van der Waals surface area (Å²) in [5.41, 5.74) is 0.171. The van der Waals surface area contributed by atoms with E-state index in [1.54, 1.807) is 12.1 Å². The summed E-state index contributed by atoms with van der Waals surface area (Å²) in [5.74, 6) is 0.652. The first kappa shape index (κ1) is 15.5. The van der Waals surface area contributed by atoms with E-state index in [4.69, 9.17) is 4.74 Å². The summed E-state index contributed by atoms with van der Waals surface area (Å²) >= 11 is 0. The van der Waals surface area contributed by atoms with Crippen LogP contribution in [0.1, 0.15) is 61.7 Å². The van der Waals surface area contributed by atoms with Gasteiger partial charge in [-0.15, -0.1) is 0 Å². The molecule has 0 radical (unpaired) electrons. The zero-order valence-electron chi connectivity index (χ0n) is 13.2. The van der Waals surface area contributed by atoms with Gasteiger partial charge in [0.1, 0.15) is 0 Å². The third kappa shape index (κ3) is 3.52. The molecule has 0 saturated heterocycles. The Morgan fingerprint density at radius 1 is 1.09 bits per heavy atom. The fourth-order valence-electron chi connectivity index (χ4n) is 4.14. The van der Waals surface area contributed by atoms with Crippen LogP contribution in [0.3, 0.4) is 0 Å². The second-order valence-corrected chi connectivity index (χ2v) is 6.99. The van der Waals surface area contributed by atoms with Gasteiger partial charge in [-0.3, -0.25) is 0 Å². The van der Waals surface area contributed by atoms with Gasteiger partial charge < -0.3 is 9.84 Å². The van der Waals surface area contributed by atoms with Gasteiger partial charge in [-0.1, -0.05) is 31.0 Å². The third-order valence-corrected chi connectivity index (χ3v) is 5.53. The van der Waals surface area contributed by atoms with Crippen LogP contribution < -0.4 is 0 Å². The summed E-state index contributed by atoms with van der Waals surface area (Å²) in [5, 5.41) is 10.8. The van der Waals surface area contributed by atoms with Crippen LogP contribution >= 0.6 is 0 Å². The molecule has 2 aliphatic carbocycles. The van der Waals surface area contributed by atoms with Gasteiger partial charge in [0.05, 0.1) is 17.8 Å². The largest absolute Gasteiger partial charge is 0.462 e. The number of benzene rings is 1. The molecular formula is C19H26O3. The summed E-state index contributed by atoms with van der Waals surface area (Å²) in [6.07, 6.45) is 8.50. The third-order valence-electron chi connectivity index (χ3n) is 5.53. The van der Waals surface area contributed by atoms with Gasteiger partial charge in [-0.2, -0.15) is 0 Å². The highest BCUT2D eigenvalue weighted by Gasteiger charge is 2.41. The van der Waals surface area contributed by atoms with E-state index in [-0.39, 0.29) is 5.97 Å². The smallest absolute Gasteiger partial charge is 0.338 e. The Hall–Kier alpha value is -1.35. The van der Waals surface area contributed by atoms with Crippen LogP contribution in [0.25, 0.3) is 0 Å². The maximum absolute atomic E-state index is 12.0. The van der Waals surface area contributed by atoms with Crippen molar-refractivity contribution in [3.8, 4) is 0 Å². The number of rotatable bonds is 3. The predicted octanol–water partition coefficient (Wildman–Crippen LogP) is 3.95. The lowest BCUT2D eigenvalue weighted by atomic mass is 9.77. The van der Waals surface area contributed by atoms with Gasteiger partial charge in [-0.05, 0) is 62.5 Å². The second-order valence-electron chi connectivity index (χ2n) is 6.99. The molecule has 3 heteroatoms. The molecule has 0 aliphatic heterocycles. The number of carbonyl (C=O) groups is 1. The average molecular weight is 302 g/mol. The van der Waals surface area contributed by atoms with Crippen molar-refractivity contribution in [1.82, 2.24) is 0 Å². The summed E-state index contributed by atoms with van der Waals surface area (Å²) in [4.78, 5) is 12.0. The van der Waals surface area contributed by atoms with Crippen molar-refractivity contribution in [2.24, 2.45) is 11.8 Å². The summed E-state index contributed by atoms with van der Waals surface area (Å²) in [6.45, 7) is 0.481. The zero-order valence-corrected chi connectivity index (χ0v) is 13.2. The maximum Gasteiger partial charge on any atom is 0.338 e. The van der Waals surface area contributed by atoms with Crippen molar-refractivity contribution in [3.63, 3.8) is 0 Å². The maximum atomic E-state index is 12.0. The standard InChI is InChI=1S/C19H26O3/c20-18(16-7-2-1-3-8-16)22-14-15-6-4-9-17-10-5-12-19(17,21)13-11-15/h1-3,7-8,15,17,21H,4-6,9-14H2/t15-,17-,19-/m0/s1. The van der Waals surface area contributed by atoms with E-state index in [0.717, 1.165) is 44.9 Å². The SMILES string of the molecule is O=C(OC[C@H]1CCC[C@H]2CCC[C@]2(O)CC1)c1ccccc1. The molecule has 22 heavy (non-hydrogen) atoms. The van der Waals surface area contributed by atoms with E-state index in [0.29, 0.717) is 24.0 Å². The number of aliphatic hydroxyl groups is 1. The monoisotopic (exact) mass is 302 g/mol. The Morgan fingerprint density at radius 3 is 2.68 bits per heavy atom. The van der Waals surface area contributed by atoms with Crippen molar-refractivity contribution in [1.29, 1.82) is 0 Å². The van der Waals surface area contributed by atoms with Crippen molar-refractivity contribution in [2.45, 2.75) is 57.0 Å². The fraction of sp³-hybridized carbons (Fsp3) is 0.632. The molecule has 0 heterocycles. The van der Waals surface area contributed by atoms with Crippen LogP contribution in [-0.2, 0) is 4.74 Å². The molecule has 0 amide bonds. The molecule has 2 aliphatic rings. The van der Waals surface area contributed by atoms with Crippen molar-refractivity contribution in [2.75, 3.05) is 6.61 Å². The van der Waals surface area contributed by atoms with Crippen LogP contribution in [-0.4, -0.2) is 23.3 Å². The Kier molecular flexibility index (Phi) is 4.82. The van der Waals surface area contributed by atoms with Crippen LogP contribution in [0.5, 0.6) is 0 Å². The molecule has 0 spiro atoms. The summed E-state index contributed by atoms with van der Waals surface area (Å²) in [6, 6.07) is 9.16. The number of ether oxygens (including phenoxy) is 1. The quantitative estimate of drug-likeness (QED) is 0.860. The highest BCUT2D eigenvalue weighted by atomic mass is 16.5. The first-order valence-corrected chi connectivity index (χ1v) is 8.62. The van der Waals surface area contributed by atoms with E-state index in [1.165, 1.54) is 6.42 Å². The lowest BCUT2D eigenvalue weighted by Crippen LogP contribution is -2.35. The van der Waals surface area contributed by atoms with Crippen LogP contribution in [0.15, 0.2) is 30.3 Å². The van der Waals surface area contributed by atoms with Gasteiger partial charge in [0.2, 0.25) is 0 Å². The molecule has 3 atom stereocenters. The van der Waals surface area contributed by atoms with E-state index in [9.17, 15) is 9.90 Å². The molecule has 0 unspecified atom stereocenters. The first-order valence-electron chi connectivity index (χ1n) is 8.62. The van der Waals surface area contributed by atoms with Crippen LogP contribution in [0.2, 0.25) is 0 Å². The van der Waals surface area contributed by atoms with Gasteiger partial charge in [-0.25, -0.2) is 4.79 Å². The Labute approximate surface area is 132 Å². The number of fused-ring (bicyclic) bond motifs is 1. The van der Waals surface area contributed by atoms with E-state index in [1.807, 2.05) is 18.2 Å². The van der Waals surface area contributed by atoms with E-state index < -0.39 is 5.60 Å². The molecule has 120 valence electrons. The van der Waals surface area contributed by atoms with E-state index in [2.05, 4.69) is 0 Å². The molecule has 0 aromatic heterocycles. The zero-order chi connectivity index (χ0) is 15.4. The second kappa shape index (κ2) is 6.82. The molecule has 0 bridgehead atoms. The lowest BCUT2D eigenvalue weighted by Gasteiger charge is -2.34. The van der Waals surface area contributed by atoms with Crippen molar-refractivity contribution in [3.05, 3.63) is 35.9 Å². The van der Waals surface area contributed by atoms with Gasteiger partial charge >= 0.3 is 5.97 Å². The Bertz CT molecular complexity index is 499. The van der Waals surface area contributed by atoms with Crippen LogP contribution in [0, 0.1) is 11.8 Å². The lowest BCUT2D eigenvalue weighted by molar-refractivity contribution is -0.0253. The molecule has 2 fully saturated rings. The molecule has 1 N–H and O–H groups in total. The van der Waals surface area contributed by atoms with Gasteiger partial charge in [0, 0.05) is 0 Å². The minimum atomic E-state index is -0.442. The Balaban J connectivity index is 1.51. The predicted molar refractivity (Wildman–Crippen MR) is 85.6 cm³/mol. The van der Waals surface area contributed by atoms with Gasteiger partial charge in [0.25, 0.3) is 0 Å². The minimum absolute atomic E-state index is 0.236. The summed E-state index contributed by atoms with van der Waals surface area (Å²) in [7, 11) is 0. The van der Waals surface area contributed by atoms with Crippen molar-refractivity contribution >= 4 is 5.97 Å². The normalized spacial score (nSPS) is 31.9.